The molecule has 2 atom stereocenters. The van der Waals surface area contributed by atoms with Crippen LogP contribution in [0, 0.1) is 22.7 Å². The van der Waals surface area contributed by atoms with E-state index in [1.54, 1.807) is 5.57 Å². The Morgan fingerprint density at radius 1 is 1.05 bits per heavy atom. The molecule has 0 heteroatoms. The lowest BCUT2D eigenvalue weighted by atomic mass is 9.61. The summed E-state index contributed by atoms with van der Waals surface area (Å²) in [6.07, 6.45) is 13.0. The minimum atomic E-state index is 0.401. The second-order valence-electron chi connectivity index (χ2n) is 9.24. The van der Waals surface area contributed by atoms with Crippen molar-refractivity contribution in [1.29, 1.82) is 0 Å². The molecule has 0 aromatic rings. The van der Waals surface area contributed by atoms with Gasteiger partial charge in [-0.15, -0.1) is 0 Å². The molecule has 114 valence electrons. The highest BCUT2D eigenvalue weighted by molar-refractivity contribution is 5.34. The van der Waals surface area contributed by atoms with Gasteiger partial charge in [0.25, 0.3) is 0 Å². The Labute approximate surface area is 126 Å². The Morgan fingerprint density at radius 3 is 2.30 bits per heavy atom. The Hall–Kier alpha value is -0.520. The molecule has 0 heterocycles. The van der Waals surface area contributed by atoms with Crippen molar-refractivity contribution in [2.75, 3.05) is 0 Å². The summed E-state index contributed by atoms with van der Waals surface area (Å²) in [6, 6.07) is 0. The van der Waals surface area contributed by atoms with Gasteiger partial charge >= 0.3 is 0 Å². The van der Waals surface area contributed by atoms with Crippen molar-refractivity contribution in [1.82, 2.24) is 0 Å². The maximum Gasteiger partial charge on any atom is -0.0129 e. The fourth-order valence-corrected chi connectivity index (χ4v) is 4.18. The molecule has 2 unspecified atom stereocenters. The second-order valence-corrected chi connectivity index (χ2v) is 9.24. The van der Waals surface area contributed by atoms with Crippen molar-refractivity contribution in [3.8, 4) is 0 Å². The van der Waals surface area contributed by atoms with Crippen LogP contribution in [0.1, 0.15) is 80.1 Å². The minimum absolute atomic E-state index is 0.401. The summed E-state index contributed by atoms with van der Waals surface area (Å²) in [7, 11) is 0. The van der Waals surface area contributed by atoms with E-state index in [2.05, 4.69) is 53.7 Å². The molecule has 2 aliphatic carbocycles. The van der Waals surface area contributed by atoms with E-state index in [1.165, 1.54) is 38.5 Å². The SMILES string of the molecule is CC(C)(C)CC(C1CC=CC2=C1CCCC2)C(C)(C)C. The van der Waals surface area contributed by atoms with Crippen LogP contribution in [0.3, 0.4) is 0 Å². The Bertz CT molecular complexity index is 395. The molecule has 0 saturated carbocycles. The third-order valence-corrected chi connectivity index (χ3v) is 5.14. The number of allylic oxidation sites excluding steroid dienone is 4. The number of hydrogen-bond acceptors (Lipinski definition) is 0. The van der Waals surface area contributed by atoms with Gasteiger partial charge in [-0.1, -0.05) is 59.3 Å². The molecule has 0 radical (unpaired) electrons. The van der Waals surface area contributed by atoms with Crippen molar-refractivity contribution in [3.63, 3.8) is 0 Å². The first-order valence-corrected chi connectivity index (χ1v) is 8.57. The molecule has 0 aliphatic heterocycles. The van der Waals surface area contributed by atoms with E-state index in [0.717, 1.165) is 11.8 Å². The van der Waals surface area contributed by atoms with E-state index in [9.17, 15) is 0 Å². The molecule has 0 fully saturated rings. The summed E-state index contributed by atoms with van der Waals surface area (Å²) in [5, 5.41) is 0. The Balaban J connectivity index is 2.29. The fraction of sp³-hybridized carbons (Fsp3) is 0.800. The van der Waals surface area contributed by atoms with Crippen molar-refractivity contribution >= 4 is 0 Å². The molecule has 2 rings (SSSR count). The van der Waals surface area contributed by atoms with Crippen LogP contribution in [-0.4, -0.2) is 0 Å². The third kappa shape index (κ3) is 3.77. The molecule has 0 bridgehead atoms. The predicted octanol–water partition coefficient (Wildman–Crippen LogP) is 6.53. The summed E-state index contributed by atoms with van der Waals surface area (Å²) < 4.78 is 0. The molecule has 0 N–H and O–H groups in total. The lowest BCUT2D eigenvalue weighted by Crippen LogP contribution is -2.34. The first-order valence-electron chi connectivity index (χ1n) is 8.57. The van der Waals surface area contributed by atoms with Gasteiger partial charge in [-0.25, -0.2) is 0 Å². The molecular formula is C20H34. The molecular weight excluding hydrogens is 240 g/mol. The van der Waals surface area contributed by atoms with Crippen LogP contribution in [0.4, 0.5) is 0 Å². The predicted molar refractivity (Wildman–Crippen MR) is 89.8 cm³/mol. The highest BCUT2D eigenvalue weighted by Crippen LogP contribution is 2.48. The zero-order valence-electron chi connectivity index (χ0n) is 14.6. The first-order chi connectivity index (χ1) is 9.18. The van der Waals surface area contributed by atoms with Gasteiger partial charge in [0.2, 0.25) is 0 Å². The average molecular weight is 274 g/mol. The largest absolute Gasteiger partial charge is 0.0837 e. The van der Waals surface area contributed by atoms with Crippen molar-refractivity contribution in [2.45, 2.75) is 80.1 Å². The maximum absolute atomic E-state index is 2.45. The van der Waals surface area contributed by atoms with E-state index in [-0.39, 0.29) is 0 Å². The highest BCUT2D eigenvalue weighted by atomic mass is 14.4. The normalized spacial score (nSPS) is 25.6. The van der Waals surface area contributed by atoms with E-state index in [1.807, 2.05) is 5.57 Å². The molecule has 0 aromatic heterocycles. The quantitative estimate of drug-likeness (QED) is 0.537. The van der Waals surface area contributed by atoms with E-state index in [4.69, 9.17) is 0 Å². The average Bonchev–Trinajstić information content (AvgIpc) is 2.33. The van der Waals surface area contributed by atoms with Crippen LogP contribution in [0.15, 0.2) is 23.3 Å². The molecule has 2 aliphatic rings. The zero-order valence-corrected chi connectivity index (χ0v) is 14.6. The summed E-state index contributed by atoms with van der Waals surface area (Å²) in [5.41, 5.74) is 4.34. The fourth-order valence-electron chi connectivity index (χ4n) is 4.18. The molecule has 20 heavy (non-hydrogen) atoms. The van der Waals surface area contributed by atoms with Gasteiger partial charge in [0, 0.05) is 0 Å². The molecule has 0 amide bonds. The standard InChI is InChI=1S/C20H34/c1-19(2,3)14-18(20(4,5)6)17-13-9-11-15-10-7-8-12-16(15)17/h9,11,17-18H,7-8,10,12-14H2,1-6H3. The molecule has 0 spiro atoms. The van der Waals surface area contributed by atoms with E-state index >= 15 is 0 Å². The topological polar surface area (TPSA) is 0 Å². The Morgan fingerprint density at radius 2 is 1.70 bits per heavy atom. The van der Waals surface area contributed by atoms with Crippen molar-refractivity contribution < 1.29 is 0 Å². The van der Waals surface area contributed by atoms with Crippen LogP contribution in [0.25, 0.3) is 0 Å². The van der Waals surface area contributed by atoms with Crippen LogP contribution >= 0.6 is 0 Å². The lowest BCUT2D eigenvalue weighted by molar-refractivity contribution is 0.115. The molecule has 0 saturated heterocycles. The number of hydrogen-bond donors (Lipinski definition) is 0. The molecule has 0 aromatic carbocycles. The van der Waals surface area contributed by atoms with Gasteiger partial charge in [0.1, 0.15) is 0 Å². The summed E-state index contributed by atoms with van der Waals surface area (Å²) in [5.74, 6) is 1.60. The summed E-state index contributed by atoms with van der Waals surface area (Å²) in [6.45, 7) is 14.6. The van der Waals surface area contributed by atoms with Crippen LogP contribution < -0.4 is 0 Å². The van der Waals surface area contributed by atoms with Gasteiger partial charge < -0.3 is 0 Å². The van der Waals surface area contributed by atoms with Gasteiger partial charge in [-0.2, -0.15) is 0 Å². The first kappa shape index (κ1) is 15.9. The monoisotopic (exact) mass is 274 g/mol. The van der Waals surface area contributed by atoms with E-state index in [0.29, 0.717) is 10.8 Å². The molecule has 0 nitrogen and oxygen atoms in total. The van der Waals surface area contributed by atoms with Crippen molar-refractivity contribution in [3.05, 3.63) is 23.3 Å². The minimum Gasteiger partial charge on any atom is -0.0837 e. The summed E-state index contributed by atoms with van der Waals surface area (Å²) >= 11 is 0. The Kier molecular flexibility index (Phi) is 4.52. The van der Waals surface area contributed by atoms with Crippen molar-refractivity contribution in [2.24, 2.45) is 22.7 Å². The smallest absolute Gasteiger partial charge is 0.0129 e. The van der Waals surface area contributed by atoms with Crippen LogP contribution in [0.2, 0.25) is 0 Å². The van der Waals surface area contributed by atoms with Gasteiger partial charge in [-0.3, -0.25) is 0 Å². The van der Waals surface area contributed by atoms with Crippen LogP contribution in [0.5, 0.6) is 0 Å². The maximum atomic E-state index is 2.45. The van der Waals surface area contributed by atoms with Gasteiger partial charge in [0.15, 0.2) is 0 Å². The highest BCUT2D eigenvalue weighted by Gasteiger charge is 2.37. The van der Waals surface area contributed by atoms with Gasteiger partial charge in [0.05, 0.1) is 0 Å². The lowest BCUT2D eigenvalue weighted by Gasteiger charge is -2.44. The second kappa shape index (κ2) is 5.70. The van der Waals surface area contributed by atoms with Crippen LogP contribution in [-0.2, 0) is 0 Å². The zero-order chi connectivity index (χ0) is 15.0. The van der Waals surface area contributed by atoms with E-state index < -0.39 is 0 Å². The third-order valence-electron chi connectivity index (χ3n) is 5.14. The summed E-state index contributed by atoms with van der Waals surface area (Å²) in [4.78, 5) is 0. The number of rotatable bonds is 2. The van der Waals surface area contributed by atoms with Gasteiger partial charge in [-0.05, 0) is 66.8 Å².